The monoisotopic (exact) mass is 516 g/mol. The van der Waals surface area contributed by atoms with E-state index in [1.54, 1.807) is 0 Å². The van der Waals surface area contributed by atoms with E-state index in [0.717, 1.165) is 19.4 Å². The van der Waals surface area contributed by atoms with Crippen LogP contribution in [0.15, 0.2) is 0 Å². The smallest absolute Gasteiger partial charge is 0.200 e. The van der Waals surface area contributed by atoms with Crippen LogP contribution in [0.4, 0.5) is 0 Å². The molecular weight excluding hydrogens is 457 g/mol. The van der Waals surface area contributed by atoms with E-state index in [2.05, 4.69) is 103 Å². The van der Waals surface area contributed by atoms with Crippen molar-refractivity contribution in [1.29, 1.82) is 0 Å². The van der Waals surface area contributed by atoms with E-state index in [1.165, 1.54) is 0 Å². The summed E-state index contributed by atoms with van der Waals surface area (Å²) in [7, 11) is -5.54. The second-order valence-electron chi connectivity index (χ2n) is 13.6. The second-order valence-corrected chi connectivity index (χ2v) is 29.0. The maximum atomic E-state index is 7.34. The molecule has 3 nitrogen and oxygen atoms in total. The lowest BCUT2D eigenvalue weighted by atomic mass is 10.1. The molecule has 0 aromatic carbocycles. The lowest BCUT2D eigenvalue weighted by molar-refractivity contribution is 0.0240. The Morgan fingerprint density at radius 1 is 0.576 bits per heavy atom. The molecule has 1 aliphatic rings. The highest BCUT2D eigenvalue weighted by Crippen LogP contribution is 2.47. The number of hydrogen-bond donors (Lipinski definition) is 0. The molecule has 0 aromatic rings. The molecule has 6 heteroatoms. The molecule has 0 radical (unpaired) electrons. The average Bonchev–Trinajstić information content (AvgIpc) is 2.97. The SMILES string of the molecule is CC(C)[Si](OC[C@@H]1CC[C@@H](O[Si](C(C)C)(C(C)C)C(C)C)[C@@H]1O[Si](C)(C)C)(C(C)C)C(C)C. The maximum absolute atomic E-state index is 7.34. The van der Waals surface area contributed by atoms with E-state index in [1.807, 2.05) is 0 Å². The summed E-state index contributed by atoms with van der Waals surface area (Å²) < 4.78 is 21.4. The third-order valence-electron chi connectivity index (χ3n) is 8.46. The van der Waals surface area contributed by atoms with Crippen LogP contribution in [-0.4, -0.2) is 43.8 Å². The topological polar surface area (TPSA) is 27.7 Å². The fourth-order valence-corrected chi connectivity index (χ4v) is 19.6. The Hall–Kier alpha value is 0.531. The van der Waals surface area contributed by atoms with Crippen molar-refractivity contribution in [2.24, 2.45) is 5.92 Å². The summed E-state index contributed by atoms with van der Waals surface area (Å²) in [5.41, 5.74) is 3.65. The van der Waals surface area contributed by atoms with Gasteiger partial charge in [-0.25, -0.2) is 0 Å². The van der Waals surface area contributed by atoms with Gasteiger partial charge in [-0.2, -0.15) is 0 Å². The number of hydrogen-bond acceptors (Lipinski definition) is 3. The van der Waals surface area contributed by atoms with Gasteiger partial charge in [0.25, 0.3) is 0 Å². The maximum Gasteiger partial charge on any atom is 0.200 e. The lowest BCUT2D eigenvalue weighted by Crippen LogP contribution is -2.54. The van der Waals surface area contributed by atoms with Gasteiger partial charge in [0.2, 0.25) is 8.32 Å². The minimum atomic E-state index is -1.95. The van der Waals surface area contributed by atoms with Crippen LogP contribution in [0.2, 0.25) is 52.9 Å². The van der Waals surface area contributed by atoms with Crippen molar-refractivity contribution in [3.63, 3.8) is 0 Å². The predicted molar refractivity (Wildman–Crippen MR) is 154 cm³/mol. The van der Waals surface area contributed by atoms with Gasteiger partial charge in [-0.05, 0) is 65.7 Å². The zero-order chi connectivity index (χ0) is 25.9. The fourth-order valence-electron chi connectivity index (χ4n) is 7.32. The molecule has 3 atom stereocenters. The van der Waals surface area contributed by atoms with Crippen LogP contribution in [0.25, 0.3) is 0 Å². The van der Waals surface area contributed by atoms with E-state index < -0.39 is 25.0 Å². The Balaban J connectivity index is 3.24. The molecule has 1 saturated carbocycles. The van der Waals surface area contributed by atoms with E-state index in [-0.39, 0.29) is 12.2 Å². The van der Waals surface area contributed by atoms with Gasteiger partial charge in [-0.15, -0.1) is 0 Å². The highest BCUT2D eigenvalue weighted by molar-refractivity contribution is 6.78. The molecule has 0 amide bonds. The third kappa shape index (κ3) is 7.06. The molecule has 1 rings (SSSR count). The van der Waals surface area contributed by atoms with Crippen LogP contribution < -0.4 is 0 Å². The molecule has 0 aromatic heterocycles. The van der Waals surface area contributed by atoms with Gasteiger partial charge in [0.1, 0.15) is 0 Å². The van der Waals surface area contributed by atoms with Crippen molar-refractivity contribution in [3.05, 3.63) is 0 Å². The zero-order valence-electron chi connectivity index (χ0n) is 25.0. The van der Waals surface area contributed by atoms with E-state index >= 15 is 0 Å². The minimum Gasteiger partial charge on any atom is -0.416 e. The molecule has 0 saturated heterocycles. The first-order chi connectivity index (χ1) is 14.9. The molecule has 0 heterocycles. The van der Waals surface area contributed by atoms with Crippen molar-refractivity contribution >= 4 is 25.0 Å². The first-order valence-electron chi connectivity index (χ1n) is 13.9. The molecule has 0 aliphatic heterocycles. The minimum absolute atomic E-state index is 0.179. The van der Waals surface area contributed by atoms with Gasteiger partial charge in [-0.3, -0.25) is 0 Å². The van der Waals surface area contributed by atoms with E-state index in [9.17, 15) is 0 Å². The molecule has 1 aliphatic carbocycles. The average molecular weight is 517 g/mol. The Labute approximate surface area is 211 Å². The largest absolute Gasteiger partial charge is 0.416 e. The van der Waals surface area contributed by atoms with Crippen LogP contribution in [0.1, 0.15) is 95.9 Å². The van der Waals surface area contributed by atoms with Gasteiger partial charge in [0, 0.05) is 12.5 Å². The van der Waals surface area contributed by atoms with Crippen LogP contribution in [0.5, 0.6) is 0 Å². The van der Waals surface area contributed by atoms with Crippen LogP contribution in [0.3, 0.4) is 0 Å². The summed E-state index contributed by atoms with van der Waals surface area (Å²) in [6.07, 6.45) is 2.68. The van der Waals surface area contributed by atoms with E-state index in [4.69, 9.17) is 13.3 Å². The highest BCUT2D eigenvalue weighted by Gasteiger charge is 2.52. The lowest BCUT2D eigenvalue weighted by Gasteiger charge is -2.46. The Kier molecular flexibility index (Phi) is 11.6. The van der Waals surface area contributed by atoms with Gasteiger partial charge < -0.3 is 13.3 Å². The van der Waals surface area contributed by atoms with Crippen LogP contribution in [0, 0.1) is 5.92 Å². The van der Waals surface area contributed by atoms with Gasteiger partial charge in [0.15, 0.2) is 16.6 Å². The first kappa shape index (κ1) is 31.6. The summed E-state index contributed by atoms with van der Waals surface area (Å²) in [5.74, 6) is 0.447. The van der Waals surface area contributed by atoms with Crippen molar-refractivity contribution < 1.29 is 13.3 Å². The van der Waals surface area contributed by atoms with Crippen LogP contribution >= 0.6 is 0 Å². The van der Waals surface area contributed by atoms with Crippen LogP contribution in [-0.2, 0) is 13.3 Å². The molecule has 0 bridgehead atoms. The Morgan fingerprint density at radius 3 is 1.30 bits per heavy atom. The number of rotatable bonds is 13. The first-order valence-corrected chi connectivity index (χ1v) is 21.6. The molecule has 0 unspecified atom stereocenters. The van der Waals surface area contributed by atoms with Gasteiger partial charge in [0.05, 0.1) is 12.2 Å². The molecule has 198 valence electrons. The summed E-state index contributed by atoms with van der Waals surface area (Å²) in [4.78, 5) is 0. The Morgan fingerprint density at radius 2 is 0.970 bits per heavy atom. The van der Waals surface area contributed by atoms with Gasteiger partial charge in [-0.1, -0.05) is 83.1 Å². The van der Waals surface area contributed by atoms with Crippen molar-refractivity contribution in [3.8, 4) is 0 Å². The van der Waals surface area contributed by atoms with Crippen molar-refractivity contribution in [1.82, 2.24) is 0 Å². The molecule has 0 N–H and O–H groups in total. The third-order valence-corrected chi connectivity index (χ3v) is 21.6. The van der Waals surface area contributed by atoms with E-state index in [0.29, 0.717) is 39.2 Å². The summed E-state index contributed by atoms with van der Waals surface area (Å²) in [6.45, 7) is 36.5. The van der Waals surface area contributed by atoms with Gasteiger partial charge >= 0.3 is 0 Å². The van der Waals surface area contributed by atoms with Crippen molar-refractivity contribution in [2.75, 3.05) is 6.61 Å². The molecule has 0 spiro atoms. The second kappa shape index (κ2) is 12.2. The highest BCUT2D eigenvalue weighted by atomic mass is 28.4. The summed E-state index contributed by atoms with van der Waals surface area (Å²) in [6, 6.07) is 0. The predicted octanol–water partition coefficient (Wildman–Crippen LogP) is 9.37. The normalized spacial score (nSPS) is 23.4. The summed E-state index contributed by atoms with van der Waals surface area (Å²) in [5, 5.41) is 0. The Bertz CT molecular complexity index is 538. The molecule has 33 heavy (non-hydrogen) atoms. The standard InChI is InChI=1S/C27H60O3Si3/c1-19(2)32(20(3)4,21(5)6)28-18-25-16-17-26(27(25)30-31(13,14)15)29-33(22(7)8,23(9)10)24(11)12/h19-27H,16-18H2,1-15H3/t25-,26+,27+/m0/s1. The van der Waals surface area contributed by atoms with Crippen molar-refractivity contribution in [2.45, 2.75) is 161 Å². The zero-order valence-corrected chi connectivity index (χ0v) is 28.0. The molecule has 1 fully saturated rings. The fraction of sp³-hybridized carbons (Fsp3) is 1.00. The molecular formula is C27H60O3Si3. The quantitative estimate of drug-likeness (QED) is 0.228. The summed E-state index contributed by atoms with van der Waals surface area (Å²) >= 11 is 0.